The number of carbonyl (C=O) groups is 1. The molecule has 1 heterocycles. The third kappa shape index (κ3) is 3.67. The molecule has 0 aliphatic heterocycles. The topological polar surface area (TPSA) is 57.8 Å². The molecule has 2 N–H and O–H groups in total. The lowest BCUT2D eigenvalue weighted by molar-refractivity contribution is -0.117. The number of halogens is 1. The molecule has 0 aliphatic carbocycles. The molecular weight excluding hydrogens is 293 g/mol. The van der Waals surface area contributed by atoms with E-state index in [0.29, 0.717) is 23.5 Å². The van der Waals surface area contributed by atoms with Crippen LogP contribution in [0.25, 0.3) is 17.0 Å². The van der Waals surface area contributed by atoms with Crippen LogP contribution in [0.5, 0.6) is 0 Å². The number of imidazole rings is 1. The van der Waals surface area contributed by atoms with Gasteiger partial charge >= 0.3 is 0 Å². The minimum atomic E-state index is -0.349. The van der Waals surface area contributed by atoms with Gasteiger partial charge in [-0.2, -0.15) is 0 Å². The Morgan fingerprint density at radius 3 is 2.70 bits per heavy atom. The predicted octanol–water partition coefficient (Wildman–Crippen LogP) is 3.84. The summed E-state index contributed by atoms with van der Waals surface area (Å²) in [6, 6.07) is 2.92. The van der Waals surface area contributed by atoms with Crippen LogP contribution in [0.15, 0.2) is 30.1 Å². The summed E-state index contributed by atoms with van der Waals surface area (Å²) in [5.74, 6) is 0.148. The molecule has 2 aromatic rings. The number of rotatable bonds is 5. The van der Waals surface area contributed by atoms with Gasteiger partial charge in [-0.25, -0.2) is 9.37 Å². The summed E-state index contributed by atoms with van der Waals surface area (Å²) in [7, 11) is 0. The second-order valence-electron chi connectivity index (χ2n) is 5.57. The van der Waals surface area contributed by atoms with Crippen molar-refractivity contribution in [3.8, 4) is 11.4 Å². The maximum absolute atomic E-state index is 14.1. The lowest BCUT2D eigenvalue weighted by Crippen LogP contribution is -2.25. The zero-order valence-electron chi connectivity index (χ0n) is 14.0. The fourth-order valence-electron chi connectivity index (χ4n) is 2.47. The highest BCUT2D eigenvalue weighted by Crippen LogP contribution is 2.30. The SMILES string of the molecule is CCCNC(=O)/C(C)=C(\C)c1cc(F)cc(-c2ncc[nH]2)c1C. The lowest BCUT2D eigenvalue weighted by Gasteiger charge is -2.14. The van der Waals surface area contributed by atoms with E-state index in [1.165, 1.54) is 12.1 Å². The number of amides is 1. The third-order valence-corrected chi connectivity index (χ3v) is 3.97. The number of aromatic nitrogens is 2. The van der Waals surface area contributed by atoms with Gasteiger partial charge in [-0.1, -0.05) is 6.92 Å². The maximum Gasteiger partial charge on any atom is 0.247 e. The van der Waals surface area contributed by atoms with Crippen molar-refractivity contribution >= 4 is 11.5 Å². The Hall–Kier alpha value is -2.43. The van der Waals surface area contributed by atoms with E-state index in [1.54, 1.807) is 19.3 Å². The highest BCUT2D eigenvalue weighted by atomic mass is 19.1. The van der Waals surface area contributed by atoms with E-state index >= 15 is 0 Å². The maximum atomic E-state index is 14.1. The summed E-state index contributed by atoms with van der Waals surface area (Å²) < 4.78 is 14.1. The number of nitrogens with zero attached hydrogens (tertiary/aromatic N) is 1. The largest absolute Gasteiger partial charge is 0.352 e. The fourth-order valence-corrected chi connectivity index (χ4v) is 2.47. The van der Waals surface area contributed by atoms with Crippen LogP contribution in [0.2, 0.25) is 0 Å². The van der Waals surface area contributed by atoms with Crippen LogP contribution >= 0.6 is 0 Å². The molecular formula is C18H22FN3O. The quantitative estimate of drug-likeness (QED) is 0.824. The van der Waals surface area contributed by atoms with Crippen molar-refractivity contribution in [2.24, 2.45) is 0 Å². The first kappa shape index (κ1) is 16.9. The number of hydrogen-bond donors (Lipinski definition) is 2. The van der Waals surface area contributed by atoms with Gasteiger partial charge in [0.05, 0.1) is 0 Å². The summed E-state index contributed by atoms with van der Waals surface area (Å²) in [4.78, 5) is 19.3. The van der Waals surface area contributed by atoms with Gasteiger partial charge in [-0.05, 0) is 56.0 Å². The van der Waals surface area contributed by atoms with E-state index < -0.39 is 0 Å². The normalized spacial score (nSPS) is 12.0. The molecule has 0 bridgehead atoms. The molecule has 122 valence electrons. The highest BCUT2D eigenvalue weighted by molar-refractivity contribution is 6.00. The predicted molar refractivity (Wildman–Crippen MR) is 90.3 cm³/mol. The molecule has 0 aliphatic rings. The van der Waals surface area contributed by atoms with Crippen LogP contribution in [-0.2, 0) is 4.79 Å². The van der Waals surface area contributed by atoms with E-state index in [-0.39, 0.29) is 11.7 Å². The standard InChI is InChI=1S/C18H22FN3O/c1-5-6-22-18(23)12(3)11(2)15-9-14(19)10-16(13(15)4)17-20-7-8-21-17/h7-10H,5-6H2,1-4H3,(H,20,21)(H,22,23)/b12-11+. The van der Waals surface area contributed by atoms with Crippen LogP contribution in [0.4, 0.5) is 4.39 Å². The van der Waals surface area contributed by atoms with Crippen molar-refractivity contribution < 1.29 is 9.18 Å². The zero-order chi connectivity index (χ0) is 17.0. The first-order chi connectivity index (χ1) is 11.0. The molecule has 0 saturated carbocycles. The smallest absolute Gasteiger partial charge is 0.247 e. The first-order valence-electron chi connectivity index (χ1n) is 7.71. The van der Waals surface area contributed by atoms with Crippen LogP contribution in [-0.4, -0.2) is 22.4 Å². The summed E-state index contributed by atoms with van der Waals surface area (Å²) in [5, 5.41) is 2.85. The Balaban J connectivity index is 2.49. The molecule has 2 rings (SSSR count). The summed E-state index contributed by atoms with van der Waals surface area (Å²) in [6.07, 6.45) is 4.21. The summed E-state index contributed by atoms with van der Waals surface area (Å²) in [6.45, 7) is 8.14. The average molecular weight is 315 g/mol. The van der Waals surface area contributed by atoms with E-state index in [1.807, 2.05) is 20.8 Å². The number of allylic oxidation sites excluding steroid dienone is 1. The van der Waals surface area contributed by atoms with Crippen LogP contribution in [0, 0.1) is 12.7 Å². The van der Waals surface area contributed by atoms with Crippen LogP contribution in [0.3, 0.4) is 0 Å². The number of benzene rings is 1. The minimum Gasteiger partial charge on any atom is -0.352 e. The molecule has 1 aromatic carbocycles. The van der Waals surface area contributed by atoms with Crippen molar-refractivity contribution in [2.45, 2.75) is 34.1 Å². The molecule has 1 aromatic heterocycles. The molecule has 5 heteroatoms. The lowest BCUT2D eigenvalue weighted by atomic mass is 9.93. The van der Waals surface area contributed by atoms with Crippen molar-refractivity contribution in [2.75, 3.05) is 6.54 Å². The van der Waals surface area contributed by atoms with Gasteiger partial charge in [0.2, 0.25) is 5.91 Å². The molecule has 0 spiro atoms. The fraction of sp³-hybridized carbons (Fsp3) is 0.333. The third-order valence-electron chi connectivity index (χ3n) is 3.97. The molecule has 0 radical (unpaired) electrons. The number of H-pyrrole nitrogens is 1. The number of aromatic amines is 1. The molecule has 4 nitrogen and oxygen atoms in total. The van der Waals surface area contributed by atoms with Gasteiger partial charge in [0.15, 0.2) is 0 Å². The minimum absolute atomic E-state index is 0.118. The van der Waals surface area contributed by atoms with Gasteiger partial charge in [-0.15, -0.1) is 0 Å². The molecule has 0 unspecified atom stereocenters. The number of nitrogens with one attached hydrogen (secondary N) is 2. The molecule has 23 heavy (non-hydrogen) atoms. The van der Waals surface area contributed by atoms with E-state index in [2.05, 4.69) is 15.3 Å². The summed E-state index contributed by atoms with van der Waals surface area (Å²) in [5.41, 5.74) is 3.68. The Kier molecular flexibility index (Phi) is 5.32. The molecule has 0 fully saturated rings. The van der Waals surface area contributed by atoms with Crippen molar-refractivity contribution in [3.05, 3.63) is 47.0 Å². The van der Waals surface area contributed by atoms with Gasteiger partial charge in [0.1, 0.15) is 11.6 Å². The van der Waals surface area contributed by atoms with Gasteiger partial charge in [-0.3, -0.25) is 4.79 Å². The van der Waals surface area contributed by atoms with E-state index in [4.69, 9.17) is 0 Å². The van der Waals surface area contributed by atoms with Crippen molar-refractivity contribution in [1.29, 1.82) is 0 Å². The van der Waals surface area contributed by atoms with E-state index in [0.717, 1.165) is 23.1 Å². The number of hydrogen-bond acceptors (Lipinski definition) is 2. The second kappa shape index (κ2) is 7.22. The van der Waals surface area contributed by atoms with Gasteiger partial charge in [0, 0.05) is 30.1 Å². The molecule has 0 saturated heterocycles. The Bertz CT molecular complexity index is 733. The van der Waals surface area contributed by atoms with E-state index in [9.17, 15) is 9.18 Å². The monoisotopic (exact) mass is 315 g/mol. The Morgan fingerprint density at radius 2 is 2.09 bits per heavy atom. The van der Waals surface area contributed by atoms with Gasteiger partial charge in [0.25, 0.3) is 0 Å². The van der Waals surface area contributed by atoms with Crippen molar-refractivity contribution in [1.82, 2.24) is 15.3 Å². The van der Waals surface area contributed by atoms with Crippen molar-refractivity contribution in [3.63, 3.8) is 0 Å². The van der Waals surface area contributed by atoms with Gasteiger partial charge < -0.3 is 10.3 Å². The highest BCUT2D eigenvalue weighted by Gasteiger charge is 2.15. The summed E-state index contributed by atoms with van der Waals surface area (Å²) >= 11 is 0. The van der Waals surface area contributed by atoms with Crippen LogP contribution < -0.4 is 5.32 Å². The Morgan fingerprint density at radius 1 is 1.35 bits per heavy atom. The Labute approximate surface area is 135 Å². The zero-order valence-corrected chi connectivity index (χ0v) is 14.0. The average Bonchev–Trinajstić information content (AvgIpc) is 3.07. The molecule has 1 amide bonds. The second-order valence-corrected chi connectivity index (χ2v) is 5.57. The molecule has 0 atom stereocenters. The van der Waals surface area contributed by atoms with Crippen LogP contribution in [0.1, 0.15) is 38.3 Å². The first-order valence-corrected chi connectivity index (χ1v) is 7.71. The number of carbonyl (C=O) groups excluding carboxylic acids is 1.